The average Bonchev–Trinajstić information content (AvgIpc) is 3.06. The third kappa shape index (κ3) is 3.06. The topological polar surface area (TPSA) is 52.2 Å². The summed E-state index contributed by atoms with van der Waals surface area (Å²) in [5.74, 6) is 0.353. The zero-order valence-corrected chi connectivity index (χ0v) is 13.9. The summed E-state index contributed by atoms with van der Waals surface area (Å²) in [6.07, 6.45) is 3.48. The molecule has 4 aromatic rings. The number of rotatable bonds is 4. The fourth-order valence-corrected chi connectivity index (χ4v) is 3.36. The molecule has 0 bridgehead atoms. The molecule has 0 N–H and O–H groups in total. The molecule has 5 nitrogen and oxygen atoms in total. The highest BCUT2D eigenvalue weighted by molar-refractivity contribution is 7.98. The van der Waals surface area contributed by atoms with Crippen LogP contribution in [0.25, 0.3) is 11.3 Å². The molecular formula is C18H13FN4OS. The number of nitrogens with zero attached hydrogens (tertiary/aromatic N) is 4. The van der Waals surface area contributed by atoms with E-state index in [0.717, 1.165) is 11.3 Å². The Hall–Kier alpha value is -2.93. The summed E-state index contributed by atoms with van der Waals surface area (Å²) in [5.41, 5.74) is 1.79. The van der Waals surface area contributed by atoms with Gasteiger partial charge < -0.3 is 0 Å². The SMILES string of the molecule is O=c1c2nnc(SCc3ccc(F)cc3)n2ccn1-c1ccccc1. The summed E-state index contributed by atoms with van der Waals surface area (Å²) >= 11 is 1.44. The van der Waals surface area contributed by atoms with Crippen molar-refractivity contribution in [2.75, 3.05) is 0 Å². The highest BCUT2D eigenvalue weighted by atomic mass is 32.2. The number of hydrogen-bond donors (Lipinski definition) is 0. The number of halogens is 1. The van der Waals surface area contributed by atoms with E-state index < -0.39 is 0 Å². The Labute approximate surface area is 146 Å². The number of thioether (sulfide) groups is 1. The van der Waals surface area contributed by atoms with Crippen molar-refractivity contribution < 1.29 is 4.39 Å². The van der Waals surface area contributed by atoms with Crippen LogP contribution in [-0.2, 0) is 5.75 Å². The van der Waals surface area contributed by atoms with Crippen molar-refractivity contribution in [2.24, 2.45) is 0 Å². The van der Waals surface area contributed by atoms with E-state index in [2.05, 4.69) is 10.2 Å². The van der Waals surface area contributed by atoms with Gasteiger partial charge in [0.15, 0.2) is 5.16 Å². The normalized spacial score (nSPS) is 11.1. The standard InChI is InChI=1S/C18H13FN4OS/c19-14-8-6-13(7-9-14)12-25-18-21-20-16-17(24)22(10-11-23(16)18)15-4-2-1-3-5-15/h1-11H,12H2. The van der Waals surface area contributed by atoms with Gasteiger partial charge in [0.25, 0.3) is 0 Å². The van der Waals surface area contributed by atoms with Gasteiger partial charge in [-0.1, -0.05) is 42.1 Å². The molecule has 0 radical (unpaired) electrons. The Balaban J connectivity index is 1.65. The fourth-order valence-electron chi connectivity index (χ4n) is 2.48. The number of para-hydroxylation sites is 1. The Bertz CT molecular complexity index is 1070. The molecule has 0 aliphatic carbocycles. The minimum Gasteiger partial charge on any atom is -0.280 e. The monoisotopic (exact) mass is 352 g/mol. The molecule has 0 unspecified atom stereocenters. The van der Waals surface area contributed by atoms with E-state index >= 15 is 0 Å². The van der Waals surface area contributed by atoms with Gasteiger partial charge in [0, 0.05) is 23.8 Å². The summed E-state index contributed by atoms with van der Waals surface area (Å²) in [6.45, 7) is 0. The first-order valence-electron chi connectivity index (χ1n) is 7.61. The van der Waals surface area contributed by atoms with Gasteiger partial charge in [0.2, 0.25) is 5.65 Å². The Morgan fingerprint density at radius 3 is 2.48 bits per heavy atom. The fraction of sp³-hybridized carbons (Fsp3) is 0.0556. The van der Waals surface area contributed by atoms with E-state index in [4.69, 9.17) is 0 Å². The highest BCUT2D eigenvalue weighted by Crippen LogP contribution is 2.21. The van der Waals surface area contributed by atoms with Crippen molar-refractivity contribution in [3.05, 3.63) is 88.7 Å². The first-order valence-corrected chi connectivity index (χ1v) is 8.60. The molecule has 2 aromatic heterocycles. The van der Waals surface area contributed by atoms with Gasteiger partial charge in [-0.3, -0.25) is 13.8 Å². The van der Waals surface area contributed by atoms with Gasteiger partial charge in [-0.2, -0.15) is 0 Å². The molecule has 2 aromatic carbocycles. The first kappa shape index (κ1) is 15.6. The minimum absolute atomic E-state index is 0.227. The van der Waals surface area contributed by atoms with Crippen LogP contribution >= 0.6 is 11.8 Å². The molecule has 0 spiro atoms. The lowest BCUT2D eigenvalue weighted by molar-refractivity contribution is 0.627. The Kier molecular flexibility index (Phi) is 4.07. The van der Waals surface area contributed by atoms with Crippen molar-refractivity contribution in [1.82, 2.24) is 19.2 Å². The summed E-state index contributed by atoms with van der Waals surface area (Å²) in [4.78, 5) is 12.6. The molecule has 25 heavy (non-hydrogen) atoms. The van der Waals surface area contributed by atoms with Crippen molar-refractivity contribution in [3.8, 4) is 5.69 Å². The van der Waals surface area contributed by atoms with Crippen LogP contribution in [0.3, 0.4) is 0 Å². The largest absolute Gasteiger partial charge is 0.300 e. The van der Waals surface area contributed by atoms with Crippen LogP contribution in [0.1, 0.15) is 5.56 Å². The maximum atomic E-state index is 13.0. The van der Waals surface area contributed by atoms with E-state index in [1.54, 1.807) is 33.5 Å². The van der Waals surface area contributed by atoms with E-state index in [0.29, 0.717) is 10.9 Å². The van der Waals surface area contributed by atoms with Crippen LogP contribution in [0.4, 0.5) is 4.39 Å². The number of benzene rings is 2. The molecule has 0 saturated heterocycles. The highest BCUT2D eigenvalue weighted by Gasteiger charge is 2.12. The van der Waals surface area contributed by atoms with E-state index in [-0.39, 0.29) is 17.0 Å². The molecular weight excluding hydrogens is 339 g/mol. The minimum atomic E-state index is -0.261. The summed E-state index contributed by atoms with van der Waals surface area (Å²) < 4.78 is 16.2. The van der Waals surface area contributed by atoms with E-state index in [1.807, 2.05) is 30.3 Å². The lowest BCUT2D eigenvalue weighted by Gasteiger charge is -2.06. The summed E-state index contributed by atoms with van der Waals surface area (Å²) in [5, 5.41) is 8.76. The maximum absolute atomic E-state index is 13.0. The van der Waals surface area contributed by atoms with Gasteiger partial charge >= 0.3 is 5.56 Å². The lowest BCUT2D eigenvalue weighted by atomic mass is 10.2. The van der Waals surface area contributed by atoms with Crippen LogP contribution in [0.15, 0.2) is 76.9 Å². The van der Waals surface area contributed by atoms with Crippen LogP contribution in [-0.4, -0.2) is 19.2 Å². The van der Waals surface area contributed by atoms with Gasteiger partial charge in [-0.15, -0.1) is 10.2 Å². The van der Waals surface area contributed by atoms with Crippen molar-refractivity contribution in [1.29, 1.82) is 0 Å². The van der Waals surface area contributed by atoms with Gasteiger partial charge in [-0.05, 0) is 29.8 Å². The average molecular weight is 352 g/mol. The molecule has 0 aliphatic heterocycles. The van der Waals surface area contributed by atoms with Crippen LogP contribution < -0.4 is 5.56 Å². The Morgan fingerprint density at radius 1 is 0.960 bits per heavy atom. The molecule has 0 saturated carbocycles. The number of aromatic nitrogens is 4. The van der Waals surface area contributed by atoms with Gasteiger partial charge in [-0.25, -0.2) is 4.39 Å². The van der Waals surface area contributed by atoms with Crippen molar-refractivity contribution in [2.45, 2.75) is 10.9 Å². The van der Waals surface area contributed by atoms with Crippen molar-refractivity contribution >= 4 is 17.4 Å². The molecule has 0 amide bonds. The second-order valence-corrected chi connectivity index (χ2v) is 6.34. The van der Waals surface area contributed by atoms with Gasteiger partial charge in [0.1, 0.15) is 5.82 Å². The van der Waals surface area contributed by atoms with Crippen LogP contribution in [0.2, 0.25) is 0 Å². The number of fused-ring (bicyclic) bond motifs is 1. The van der Waals surface area contributed by atoms with Crippen molar-refractivity contribution in [3.63, 3.8) is 0 Å². The van der Waals surface area contributed by atoms with Crippen LogP contribution in [0.5, 0.6) is 0 Å². The van der Waals surface area contributed by atoms with E-state index in [1.165, 1.54) is 23.9 Å². The summed E-state index contributed by atoms with van der Waals surface area (Å²) in [6, 6.07) is 15.7. The molecule has 0 atom stereocenters. The molecule has 0 fully saturated rings. The molecule has 124 valence electrons. The maximum Gasteiger partial charge on any atom is 0.300 e. The lowest BCUT2D eigenvalue weighted by Crippen LogP contribution is -2.20. The predicted octanol–water partition coefficient (Wildman–Crippen LogP) is 3.31. The molecule has 2 heterocycles. The van der Waals surface area contributed by atoms with E-state index in [9.17, 15) is 9.18 Å². The molecule has 7 heteroatoms. The Morgan fingerprint density at radius 2 is 1.72 bits per heavy atom. The second-order valence-electron chi connectivity index (χ2n) is 5.40. The molecule has 4 rings (SSSR count). The summed E-state index contributed by atoms with van der Waals surface area (Å²) in [7, 11) is 0. The third-order valence-corrected chi connectivity index (χ3v) is 4.77. The smallest absolute Gasteiger partial charge is 0.280 e. The number of hydrogen-bond acceptors (Lipinski definition) is 4. The zero-order valence-electron chi connectivity index (χ0n) is 13.0. The first-order chi connectivity index (χ1) is 12.2. The third-order valence-electron chi connectivity index (χ3n) is 3.75. The molecule has 0 aliphatic rings. The quantitative estimate of drug-likeness (QED) is 0.529. The second kappa shape index (κ2) is 6.52. The van der Waals surface area contributed by atoms with Crippen LogP contribution in [0, 0.1) is 5.82 Å². The van der Waals surface area contributed by atoms with Gasteiger partial charge in [0.05, 0.1) is 0 Å². The zero-order chi connectivity index (χ0) is 17.2. The predicted molar refractivity (Wildman–Crippen MR) is 94.5 cm³/mol.